The fraction of sp³-hybridized carbons (Fsp3) is 0.789. The molecule has 0 aromatic carbocycles. The molecule has 232 valence electrons. The molecule has 0 bridgehead atoms. The number of H-pyrrole nitrogens is 1. The monoisotopic (exact) mass is 650 g/mol. The van der Waals surface area contributed by atoms with Crippen LogP contribution in [0.25, 0.3) is 0 Å². The lowest BCUT2D eigenvalue weighted by Gasteiger charge is -2.49. The standard InChI is InChI=1S/C19H28N2O17P2S/c22-5-7(23)10-12(25)13(26)11-15(36-19(10,11)29)37-39(30,31)38-40(32,41)34-6-8-14(27)18(2-4-33-18)16(35-8)21-3-1-9(24)20-17(21)28/h1,3,7-8,10-16,22-23,25-27,29H,2,4-6H2,(H,30,31)(H,32,41)(H,20,24,28)/t7-,8+,10?,11?,12?,13?,14+,15?,16+,18+,19?,40?/m0/s1. The number of aromatic nitrogens is 2. The van der Waals surface area contributed by atoms with Gasteiger partial charge in [-0.25, -0.2) is 13.7 Å². The summed E-state index contributed by atoms with van der Waals surface area (Å²) in [5.74, 6) is -5.59. The summed E-state index contributed by atoms with van der Waals surface area (Å²) in [6.07, 6.45) is -9.78. The van der Waals surface area contributed by atoms with Crippen LogP contribution in [0.4, 0.5) is 0 Å². The Morgan fingerprint density at radius 2 is 1.93 bits per heavy atom. The maximum Gasteiger partial charge on any atom is 0.481 e. The molecule has 19 nitrogen and oxygen atoms in total. The van der Waals surface area contributed by atoms with Crippen molar-refractivity contribution in [2.45, 2.75) is 60.8 Å². The molecule has 1 aromatic heterocycles. The van der Waals surface area contributed by atoms with Crippen LogP contribution < -0.4 is 11.2 Å². The van der Waals surface area contributed by atoms with E-state index in [1.165, 1.54) is 0 Å². The van der Waals surface area contributed by atoms with Gasteiger partial charge in [0.15, 0.2) is 18.3 Å². The quantitative estimate of drug-likeness (QED) is 0.108. The third-order valence-corrected chi connectivity index (χ3v) is 11.1. The van der Waals surface area contributed by atoms with E-state index in [-0.39, 0.29) is 13.0 Å². The molecule has 4 aliphatic rings. The van der Waals surface area contributed by atoms with Crippen LogP contribution in [0.2, 0.25) is 0 Å². The number of phosphoric ester groups is 1. The van der Waals surface area contributed by atoms with Crippen LogP contribution in [-0.4, -0.2) is 118 Å². The van der Waals surface area contributed by atoms with Gasteiger partial charge in [0.25, 0.3) is 5.56 Å². The maximum atomic E-state index is 12.6. The van der Waals surface area contributed by atoms with E-state index >= 15 is 0 Å². The van der Waals surface area contributed by atoms with Crippen LogP contribution in [0.5, 0.6) is 0 Å². The zero-order chi connectivity index (χ0) is 30.1. The summed E-state index contributed by atoms with van der Waals surface area (Å²) in [5.41, 5.74) is -2.92. The van der Waals surface area contributed by atoms with Crippen LogP contribution in [0.3, 0.4) is 0 Å². The maximum absolute atomic E-state index is 12.6. The van der Waals surface area contributed by atoms with Crippen molar-refractivity contribution in [3.8, 4) is 0 Å². The summed E-state index contributed by atoms with van der Waals surface area (Å²) < 4.78 is 44.3. The largest absolute Gasteiger partial charge is 0.481 e. The number of hydrogen-bond acceptors (Lipinski definition) is 16. The van der Waals surface area contributed by atoms with Gasteiger partial charge in [0, 0.05) is 18.7 Å². The molecule has 4 heterocycles. The van der Waals surface area contributed by atoms with Crippen LogP contribution in [0.15, 0.2) is 21.9 Å². The van der Waals surface area contributed by atoms with Gasteiger partial charge in [-0.2, -0.15) is 0 Å². The van der Waals surface area contributed by atoms with Gasteiger partial charge in [0.05, 0.1) is 50.0 Å². The molecule has 1 spiro atoms. The molecule has 1 saturated carbocycles. The molecule has 8 unspecified atom stereocenters. The molecular formula is C19H28N2O17P2S. The van der Waals surface area contributed by atoms with Crippen molar-refractivity contribution in [1.82, 2.24) is 9.55 Å². The third kappa shape index (κ3) is 5.34. The third-order valence-electron chi connectivity index (χ3n) is 7.63. The van der Waals surface area contributed by atoms with E-state index in [9.17, 15) is 49.5 Å². The second-order valence-corrected chi connectivity index (χ2v) is 14.4. The van der Waals surface area contributed by atoms with Crippen LogP contribution in [0, 0.1) is 11.8 Å². The first-order chi connectivity index (χ1) is 19.0. The predicted octanol–water partition coefficient (Wildman–Crippen LogP) is -4.31. The highest BCUT2D eigenvalue weighted by Gasteiger charge is 2.73. The van der Waals surface area contributed by atoms with Crippen molar-refractivity contribution < 1.29 is 72.6 Å². The highest BCUT2D eigenvalue weighted by molar-refractivity contribution is 8.08. The zero-order valence-corrected chi connectivity index (χ0v) is 23.3. The molecule has 13 atom stereocenters. The van der Waals surface area contributed by atoms with E-state index < -0.39 is 105 Å². The number of aliphatic hydroxyl groups is 6. The number of aromatic amines is 1. The van der Waals surface area contributed by atoms with Gasteiger partial charge in [-0.15, -0.1) is 0 Å². The van der Waals surface area contributed by atoms with Crippen molar-refractivity contribution in [3.05, 3.63) is 33.1 Å². The van der Waals surface area contributed by atoms with Crippen LogP contribution >= 0.6 is 14.5 Å². The number of nitrogens with one attached hydrogen (secondary N) is 1. The Hall–Kier alpha value is -1.00. The zero-order valence-electron chi connectivity index (χ0n) is 20.7. The van der Waals surface area contributed by atoms with Gasteiger partial charge >= 0.3 is 20.2 Å². The van der Waals surface area contributed by atoms with E-state index in [1.54, 1.807) is 0 Å². The van der Waals surface area contributed by atoms with Crippen LogP contribution in [-0.2, 0) is 43.9 Å². The first-order valence-electron chi connectivity index (χ1n) is 12.1. The Morgan fingerprint density at radius 3 is 2.51 bits per heavy atom. The topological polar surface area (TPSA) is 289 Å². The normalized spacial score (nSPS) is 43.5. The summed E-state index contributed by atoms with van der Waals surface area (Å²) in [5, 5.41) is 60.9. The number of fused-ring (bicyclic) bond motifs is 1. The minimum Gasteiger partial charge on any atom is -0.394 e. The molecular weight excluding hydrogens is 622 g/mol. The molecule has 3 aliphatic heterocycles. The van der Waals surface area contributed by atoms with Gasteiger partial charge < -0.3 is 59.2 Å². The van der Waals surface area contributed by atoms with E-state index in [0.29, 0.717) is 0 Å². The van der Waals surface area contributed by atoms with Gasteiger partial charge in [-0.1, -0.05) is 0 Å². The summed E-state index contributed by atoms with van der Waals surface area (Å²) in [6, 6.07) is 1.06. The Bertz CT molecular complexity index is 1370. The van der Waals surface area contributed by atoms with Gasteiger partial charge in [0.2, 0.25) is 0 Å². The number of ether oxygens (including phenoxy) is 3. The number of phosphoric acid groups is 1. The van der Waals surface area contributed by atoms with E-state index in [4.69, 9.17) is 40.2 Å². The summed E-state index contributed by atoms with van der Waals surface area (Å²) in [6.45, 7) is -6.04. The molecule has 22 heteroatoms. The number of nitrogens with zero attached hydrogens (tertiary/aromatic N) is 1. The Kier molecular flexibility index (Phi) is 8.33. The van der Waals surface area contributed by atoms with Gasteiger partial charge in [-0.05, 0) is 11.8 Å². The molecule has 0 radical (unpaired) electrons. The van der Waals surface area contributed by atoms with Gasteiger partial charge in [-0.3, -0.25) is 18.9 Å². The van der Waals surface area contributed by atoms with Crippen molar-refractivity contribution in [1.29, 1.82) is 0 Å². The highest BCUT2D eigenvalue weighted by Crippen LogP contribution is 2.65. The second-order valence-electron chi connectivity index (χ2n) is 9.98. The minimum atomic E-state index is -5.36. The average Bonchev–Trinajstić information content (AvgIpc) is 3.20. The number of aliphatic hydroxyl groups excluding tert-OH is 5. The molecule has 4 fully saturated rings. The summed E-state index contributed by atoms with van der Waals surface area (Å²) >= 11 is 4.76. The van der Waals surface area contributed by atoms with Crippen molar-refractivity contribution in [2.75, 3.05) is 19.8 Å². The molecule has 3 saturated heterocycles. The van der Waals surface area contributed by atoms with Crippen molar-refractivity contribution in [2.24, 2.45) is 11.8 Å². The summed E-state index contributed by atoms with van der Waals surface area (Å²) in [7, 11) is -5.36. The number of rotatable bonds is 10. The lowest BCUT2D eigenvalue weighted by atomic mass is 9.86. The lowest BCUT2D eigenvalue weighted by Crippen LogP contribution is -2.64. The fourth-order valence-corrected chi connectivity index (χ4v) is 8.74. The van der Waals surface area contributed by atoms with E-state index in [2.05, 4.69) is 9.29 Å². The Labute approximate surface area is 234 Å². The molecule has 41 heavy (non-hydrogen) atoms. The van der Waals surface area contributed by atoms with Crippen molar-refractivity contribution in [3.63, 3.8) is 0 Å². The van der Waals surface area contributed by atoms with Crippen LogP contribution in [0.1, 0.15) is 12.6 Å². The SMILES string of the molecule is O=c1ccn([C@@H]2O[C@H](COP(O)(=S)OP(=O)(O)OC3OC4(O)C3C(O)C(O)C4[C@@H](O)CO)[C@@H](O)[C@]23CCO3)c(=O)[nH]1. The fourth-order valence-electron chi connectivity index (χ4n) is 5.64. The number of hydrogen-bond donors (Lipinski definition) is 9. The summed E-state index contributed by atoms with van der Waals surface area (Å²) in [4.78, 5) is 46.3. The minimum absolute atomic E-state index is 0.222. The van der Waals surface area contributed by atoms with Gasteiger partial charge in [0.1, 0.15) is 17.8 Å². The smallest absolute Gasteiger partial charge is 0.394 e. The molecule has 5 rings (SSSR count). The molecule has 1 aliphatic carbocycles. The molecule has 0 amide bonds. The average molecular weight is 650 g/mol. The molecule has 1 aromatic rings. The highest BCUT2D eigenvalue weighted by atomic mass is 32.5. The Balaban J connectivity index is 1.22. The van der Waals surface area contributed by atoms with E-state index in [0.717, 1.165) is 16.8 Å². The first kappa shape index (κ1) is 31.4. The lowest BCUT2D eigenvalue weighted by molar-refractivity contribution is -0.427. The second kappa shape index (κ2) is 10.9. The van der Waals surface area contributed by atoms with Crippen molar-refractivity contribution >= 4 is 26.3 Å². The van der Waals surface area contributed by atoms with E-state index in [1.807, 2.05) is 0 Å². The predicted molar refractivity (Wildman–Crippen MR) is 131 cm³/mol. The first-order valence-corrected chi connectivity index (χ1v) is 16.2. The Morgan fingerprint density at radius 1 is 1.24 bits per heavy atom. The molecule has 9 N–H and O–H groups in total.